The minimum absolute atomic E-state index is 0.0504. The van der Waals surface area contributed by atoms with Gasteiger partial charge in [-0.3, -0.25) is 9.59 Å². The summed E-state index contributed by atoms with van der Waals surface area (Å²) in [5.74, 6) is -0.327. The molecule has 7 atom stereocenters. The predicted molar refractivity (Wildman–Crippen MR) is 264 cm³/mol. The number of esters is 1. The van der Waals surface area contributed by atoms with E-state index >= 15 is 0 Å². The zero-order valence-corrected chi connectivity index (χ0v) is 40.9. The van der Waals surface area contributed by atoms with Gasteiger partial charge < -0.3 is 45.1 Å². The summed E-state index contributed by atoms with van der Waals surface area (Å²) in [4.78, 5) is 25.0. The van der Waals surface area contributed by atoms with Gasteiger partial charge in [0, 0.05) is 12.8 Å². The minimum Gasteiger partial charge on any atom is -0.466 e. The number of carbonyl (C=O) groups excluding carboxylic acids is 2. The Balaban J connectivity index is 2.20. The molecule has 0 aromatic carbocycles. The molecule has 0 aromatic heterocycles. The second-order valence-electron chi connectivity index (χ2n) is 17.8. The van der Waals surface area contributed by atoms with Crippen LogP contribution in [-0.2, 0) is 23.8 Å². The highest BCUT2D eigenvalue weighted by Gasteiger charge is 2.44. The van der Waals surface area contributed by atoms with E-state index in [1.807, 2.05) is 18.2 Å². The fourth-order valence-electron chi connectivity index (χ4n) is 7.61. The molecule has 1 heterocycles. The summed E-state index contributed by atoms with van der Waals surface area (Å²) in [6, 6.07) is -0.871. The zero-order valence-electron chi connectivity index (χ0n) is 40.9. The lowest BCUT2D eigenvalue weighted by molar-refractivity contribution is -0.302. The first-order valence-corrected chi connectivity index (χ1v) is 26.1. The Labute approximate surface area is 395 Å². The summed E-state index contributed by atoms with van der Waals surface area (Å²) in [6.45, 7) is 4.16. The van der Waals surface area contributed by atoms with Crippen molar-refractivity contribution in [2.75, 3.05) is 19.8 Å². The van der Waals surface area contributed by atoms with Crippen LogP contribution in [0.1, 0.15) is 206 Å². The van der Waals surface area contributed by atoms with E-state index in [4.69, 9.17) is 14.2 Å². The standard InChI is InChI=1S/C54H95NO10/c1-3-5-7-9-11-13-15-16-19-22-26-30-34-38-42-50(59)63-43-39-35-31-27-23-20-17-18-21-25-29-33-37-41-49(58)55-46(45-64-54-53(62)52(61)51(60)48(44-56)65-54)47(57)40-36-32-28-24-14-12-10-8-6-4-2/h14-16,18,21,24,29,33,36,40,46-48,51-54,56-57,60-62H,3-13,17,19-20,22-23,25-28,30-32,34-35,37-39,41-45H2,1-2H3,(H,55,58)/b16-15-,21-18-,24-14+,33-29-,40-36+. The SMILES string of the molecule is CCCCCC/C=C/CC/C=C/C(O)C(COC1OC(CO)C(O)C(O)C1O)NC(=O)CC/C=C\C/C=C\CCCCCCCCOC(=O)CCCCCCC/C=C\CCCCCCC. The molecule has 1 aliphatic rings. The first-order valence-electron chi connectivity index (χ1n) is 26.1. The molecule has 0 bridgehead atoms. The Hall–Kier alpha value is -2.64. The summed E-state index contributed by atoms with van der Waals surface area (Å²) >= 11 is 0. The molecule has 0 aliphatic carbocycles. The Bertz CT molecular complexity index is 1270. The highest BCUT2D eigenvalue weighted by atomic mass is 16.7. The molecule has 376 valence electrons. The van der Waals surface area contributed by atoms with Crippen molar-refractivity contribution in [1.29, 1.82) is 0 Å². The van der Waals surface area contributed by atoms with Crippen LogP contribution in [0.2, 0.25) is 0 Å². The summed E-state index contributed by atoms with van der Waals surface area (Å²) in [5.41, 5.74) is 0. The maximum atomic E-state index is 12.9. The largest absolute Gasteiger partial charge is 0.466 e. The highest BCUT2D eigenvalue weighted by Crippen LogP contribution is 2.22. The van der Waals surface area contributed by atoms with Gasteiger partial charge in [0.15, 0.2) is 6.29 Å². The number of rotatable bonds is 43. The number of amides is 1. The van der Waals surface area contributed by atoms with Crippen LogP contribution in [0.4, 0.5) is 0 Å². The third-order valence-electron chi connectivity index (χ3n) is 11.8. The van der Waals surface area contributed by atoms with Crippen molar-refractivity contribution < 1.29 is 49.3 Å². The van der Waals surface area contributed by atoms with Gasteiger partial charge in [-0.2, -0.15) is 0 Å². The van der Waals surface area contributed by atoms with E-state index < -0.39 is 49.5 Å². The molecule has 0 aromatic rings. The normalized spacial score (nSPS) is 20.3. The maximum absolute atomic E-state index is 12.9. The van der Waals surface area contributed by atoms with Crippen LogP contribution in [0.5, 0.6) is 0 Å². The summed E-state index contributed by atoms with van der Waals surface area (Å²) < 4.78 is 16.6. The zero-order chi connectivity index (χ0) is 47.4. The molecule has 1 saturated heterocycles. The van der Waals surface area contributed by atoms with Crippen molar-refractivity contribution in [3.8, 4) is 0 Å². The van der Waals surface area contributed by atoms with Gasteiger partial charge in [-0.15, -0.1) is 0 Å². The lowest BCUT2D eigenvalue weighted by Gasteiger charge is -2.40. The molecule has 0 radical (unpaired) electrons. The van der Waals surface area contributed by atoms with Crippen LogP contribution in [0.25, 0.3) is 0 Å². The van der Waals surface area contributed by atoms with Crippen LogP contribution in [0.15, 0.2) is 60.8 Å². The van der Waals surface area contributed by atoms with E-state index in [1.165, 1.54) is 103 Å². The van der Waals surface area contributed by atoms with Crippen molar-refractivity contribution >= 4 is 11.9 Å². The number of aliphatic hydroxyl groups excluding tert-OH is 5. The lowest BCUT2D eigenvalue weighted by atomic mass is 9.99. The van der Waals surface area contributed by atoms with Crippen LogP contribution >= 0.6 is 0 Å². The third kappa shape index (κ3) is 34.3. The number of unbranched alkanes of at least 4 members (excludes halogenated alkanes) is 21. The van der Waals surface area contributed by atoms with Gasteiger partial charge in [0.25, 0.3) is 0 Å². The molecule has 0 saturated carbocycles. The van der Waals surface area contributed by atoms with Crippen molar-refractivity contribution in [2.45, 2.75) is 249 Å². The number of ether oxygens (including phenoxy) is 3. The molecular formula is C54H95NO10. The Morgan fingerprint density at radius 2 is 1.06 bits per heavy atom. The summed E-state index contributed by atoms with van der Waals surface area (Å²) in [6.07, 6.45) is 44.7. The van der Waals surface area contributed by atoms with Crippen LogP contribution in [-0.4, -0.2) is 100 Å². The van der Waals surface area contributed by atoms with E-state index in [2.05, 4.69) is 55.6 Å². The quantitative estimate of drug-likeness (QED) is 0.0196. The van der Waals surface area contributed by atoms with Crippen molar-refractivity contribution in [1.82, 2.24) is 5.32 Å². The molecule has 0 spiro atoms. The molecule has 11 heteroatoms. The number of hydrogen-bond donors (Lipinski definition) is 6. The molecule has 1 aliphatic heterocycles. The van der Waals surface area contributed by atoms with E-state index in [9.17, 15) is 35.1 Å². The van der Waals surface area contributed by atoms with Gasteiger partial charge in [-0.05, 0) is 89.9 Å². The Kier molecular flexibility index (Phi) is 40.8. The fraction of sp³-hybridized carbons (Fsp3) is 0.778. The van der Waals surface area contributed by atoms with Gasteiger partial charge in [0.2, 0.25) is 5.91 Å². The molecule has 65 heavy (non-hydrogen) atoms. The van der Waals surface area contributed by atoms with Crippen LogP contribution in [0.3, 0.4) is 0 Å². The second-order valence-corrected chi connectivity index (χ2v) is 17.8. The van der Waals surface area contributed by atoms with Gasteiger partial charge >= 0.3 is 5.97 Å². The predicted octanol–water partition coefficient (Wildman–Crippen LogP) is 10.7. The fourth-order valence-corrected chi connectivity index (χ4v) is 7.61. The van der Waals surface area contributed by atoms with Gasteiger partial charge in [-0.1, -0.05) is 164 Å². The average Bonchev–Trinajstić information content (AvgIpc) is 3.30. The number of allylic oxidation sites excluding steroid dienone is 9. The molecular weight excluding hydrogens is 823 g/mol. The van der Waals surface area contributed by atoms with Gasteiger partial charge in [0.05, 0.1) is 32.0 Å². The van der Waals surface area contributed by atoms with E-state index in [-0.39, 0.29) is 24.9 Å². The number of hydrogen-bond acceptors (Lipinski definition) is 10. The van der Waals surface area contributed by atoms with E-state index in [0.29, 0.717) is 19.4 Å². The third-order valence-corrected chi connectivity index (χ3v) is 11.8. The second kappa shape index (κ2) is 43.9. The summed E-state index contributed by atoms with van der Waals surface area (Å²) in [7, 11) is 0. The van der Waals surface area contributed by atoms with Crippen molar-refractivity contribution in [3.05, 3.63) is 60.8 Å². The van der Waals surface area contributed by atoms with Crippen LogP contribution in [0, 0.1) is 0 Å². The number of carbonyl (C=O) groups is 2. The molecule has 1 rings (SSSR count). The topological polar surface area (TPSA) is 175 Å². The maximum Gasteiger partial charge on any atom is 0.305 e. The molecule has 1 amide bonds. The average molecular weight is 918 g/mol. The first kappa shape index (κ1) is 60.4. The first-order chi connectivity index (χ1) is 31.7. The van der Waals surface area contributed by atoms with Crippen molar-refractivity contribution in [2.24, 2.45) is 0 Å². The highest BCUT2D eigenvalue weighted by molar-refractivity contribution is 5.76. The Morgan fingerprint density at radius 1 is 0.569 bits per heavy atom. The monoisotopic (exact) mass is 918 g/mol. The van der Waals surface area contributed by atoms with Crippen molar-refractivity contribution in [3.63, 3.8) is 0 Å². The smallest absolute Gasteiger partial charge is 0.305 e. The lowest BCUT2D eigenvalue weighted by Crippen LogP contribution is -2.60. The van der Waals surface area contributed by atoms with E-state index in [0.717, 1.165) is 70.6 Å². The molecule has 7 unspecified atom stereocenters. The summed E-state index contributed by atoms with van der Waals surface area (Å²) in [5, 5.41) is 54.0. The number of nitrogens with one attached hydrogen (secondary N) is 1. The minimum atomic E-state index is -1.59. The Morgan fingerprint density at radius 3 is 1.66 bits per heavy atom. The molecule has 11 nitrogen and oxygen atoms in total. The molecule has 1 fully saturated rings. The van der Waals surface area contributed by atoms with E-state index in [1.54, 1.807) is 6.08 Å². The van der Waals surface area contributed by atoms with Gasteiger partial charge in [-0.25, -0.2) is 0 Å². The van der Waals surface area contributed by atoms with Gasteiger partial charge in [0.1, 0.15) is 24.4 Å². The molecule has 6 N–H and O–H groups in total. The number of aliphatic hydroxyl groups is 5. The van der Waals surface area contributed by atoms with Crippen LogP contribution < -0.4 is 5.32 Å².